The first kappa shape index (κ1) is 13.4. The standard InChI is InChI=1S/C14H14ClN3O/c1-2-16-12-6-7-13(17-9-12)14(19)18-11-5-3-4-10(15)8-11/h3-9,16H,2H2,1H3,(H,18,19). The van der Waals surface area contributed by atoms with Gasteiger partial charge in [-0.1, -0.05) is 17.7 Å². The summed E-state index contributed by atoms with van der Waals surface area (Å²) in [5.41, 5.74) is 1.90. The van der Waals surface area contributed by atoms with Crippen molar-refractivity contribution in [3.63, 3.8) is 0 Å². The summed E-state index contributed by atoms with van der Waals surface area (Å²) < 4.78 is 0. The molecule has 0 atom stereocenters. The number of pyridine rings is 1. The molecular weight excluding hydrogens is 262 g/mol. The minimum Gasteiger partial charge on any atom is -0.384 e. The van der Waals surface area contributed by atoms with Gasteiger partial charge >= 0.3 is 0 Å². The molecule has 2 aromatic rings. The van der Waals surface area contributed by atoms with E-state index >= 15 is 0 Å². The van der Waals surface area contributed by atoms with Gasteiger partial charge in [0.2, 0.25) is 0 Å². The van der Waals surface area contributed by atoms with Crippen molar-refractivity contribution >= 4 is 28.9 Å². The summed E-state index contributed by atoms with van der Waals surface area (Å²) >= 11 is 5.85. The van der Waals surface area contributed by atoms with Crippen molar-refractivity contribution in [1.82, 2.24) is 4.98 Å². The van der Waals surface area contributed by atoms with Gasteiger partial charge in [-0.15, -0.1) is 0 Å². The second-order valence-corrected chi connectivity index (χ2v) is 4.36. The Bertz CT molecular complexity index is 569. The summed E-state index contributed by atoms with van der Waals surface area (Å²) in [6.07, 6.45) is 1.64. The van der Waals surface area contributed by atoms with Crippen LogP contribution in [0.2, 0.25) is 5.02 Å². The molecule has 0 aliphatic heterocycles. The van der Waals surface area contributed by atoms with Crippen LogP contribution in [0.5, 0.6) is 0 Å². The molecule has 19 heavy (non-hydrogen) atoms. The quantitative estimate of drug-likeness (QED) is 0.899. The number of carbonyl (C=O) groups is 1. The number of anilines is 2. The summed E-state index contributed by atoms with van der Waals surface area (Å²) in [4.78, 5) is 16.1. The Kier molecular flexibility index (Phi) is 4.36. The van der Waals surface area contributed by atoms with Crippen LogP contribution in [-0.4, -0.2) is 17.4 Å². The zero-order valence-electron chi connectivity index (χ0n) is 10.5. The van der Waals surface area contributed by atoms with Gasteiger partial charge in [-0.25, -0.2) is 4.98 Å². The van der Waals surface area contributed by atoms with Gasteiger partial charge in [0.15, 0.2) is 0 Å². The van der Waals surface area contributed by atoms with Crippen molar-refractivity contribution in [2.75, 3.05) is 17.2 Å². The van der Waals surface area contributed by atoms with Crippen LogP contribution in [0.15, 0.2) is 42.6 Å². The van der Waals surface area contributed by atoms with Crippen molar-refractivity contribution < 1.29 is 4.79 Å². The molecule has 2 rings (SSSR count). The second-order valence-electron chi connectivity index (χ2n) is 3.93. The molecule has 5 heteroatoms. The SMILES string of the molecule is CCNc1ccc(C(=O)Nc2cccc(Cl)c2)nc1. The van der Waals surface area contributed by atoms with Crippen molar-refractivity contribution in [3.05, 3.63) is 53.3 Å². The third kappa shape index (κ3) is 3.69. The van der Waals surface area contributed by atoms with Gasteiger partial charge in [0, 0.05) is 17.3 Å². The fourth-order valence-corrected chi connectivity index (χ4v) is 1.79. The number of halogens is 1. The summed E-state index contributed by atoms with van der Waals surface area (Å²) in [5.74, 6) is -0.259. The number of nitrogens with one attached hydrogen (secondary N) is 2. The molecule has 1 aromatic heterocycles. The topological polar surface area (TPSA) is 54.0 Å². The Morgan fingerprint density at radius 3 is 2.74 bits per heavy atom. The first-order valence-electron chi connectivity index (χ1n) is 5.96. The minimum atomic E-state index is -0.259. The van der Waals surface area contributed by atoms with Crippen LogP contribution in [-0.2, 0) is 0 Å². The van der Waals surface area contributed by atoms with Crippen LogP contribution < -0.4 is 10.6 Å². The number of rotatable bonds is 4. The largest absolute Gasteiger partial charge is 0.384 e. The lowest BCUT2D eigenvalue weighted by molar-refractivity contribution is 0.102. The molecule has 0 saturated heterocycles. The highest BCUT2D eigenvalue weighted by molar-refractivity contribution is 6.30. The number of carbonyl (C=O) groups excluding carboxylic acids is 1. The predicted octanol–water partition coefficient (Wildman–Crippen LogP) is 3.42. The minimum absolute atomic E-state index is 0.259. The zero-order chi connectivity index (χ0) is 13.7. The first-order chi connectivity index (χ1) is 9.19. The number of hydrogen-bond acceptors (Lipinski definition) is 3. The van der Waals surface area contributed by atoms with Gasteiger partial charge in [0.25, 0.3) is 5.91 Å². The molecule has 0 fully saturated rings. The number of nitrogens with zero attached hydrogens (tertiary/aromatic N) is 1. The maximum Gasteiger partial charge on any atom is 0.274 e. The Morgan fingerprint density at radius 1 is 1.26 bits per heavy atom. The maximum atomic E-state index is 12.0. The highest BCUT2D eigenvalue weighted by atomic mass is 35.5. The Hall–Kier alpha value is -2.07. The van der Waals surface area contributed by atoms with Gasteiger partial charge in [-0.05, 0) is 37.3 Å². The Morgan fingerprint density at radius 2 is 2.11 bits per heavy atom. The zero-order valence-corrected chi connectivity index (χ0v) is 11.2. The summed E-state index contributed by atoms with van der Waals surface area (Å²) in [7, 11) is 0. The van der Waals surface area contributed by atoms with Gasteiger partial charge in [0.1, 0.15) is 5.69 Å². The van der Waals surface area contributed by atoms with E-state index in [9.17, 15) is 4.79 Å². The van der Waals surface area contributed by atoms with Crippen molar-refractivity contribution in [2.24, 2.45) is 0 Å². The van der Waals surface area contributed by atoms with Crippen LogP contribution >= 0.6 is 11.6 Å². The third-order valence-electron chi connectivity index (χ3n) is 2.46. The van der Waals surface area contributed by atoms with E-state index in [1.54, 1.807) is 36.5 Å². The Balaban J connectivity index is 2.07. The summed E-state index contributed by atoms with van der Waals surface area (Å²) in [5, 5.41) is 6.44. The van der Waals surface area contributed by atoms with Crippen molar-refractivity contribution in [1.29, 1.82) is 0 Å². The van der Waals surface area contributed by atoms with Crippen molar-refractivity contribution in [3.8, 4) is 0 Å². The normalized spacial score (nSPS) is 10.0. The molecule has 98 valence electrons. The lowest BCUT2D eigenvalue weighted by Gasteiger charge is -2.06. The molecule has 0 bridgehead atoms. The predicted molar refractivity (Wildman–Crippen MR) is 77.8 cm³/mol. The highest BCUT2D eigenvalue weighted by Crippen LogP contribution is 2.15. The molecule has 1 aromatic carbocycles. The lowest BCUT2D eigenvalue weighted by atomic mass is 10.3. The summed E-state index contributed by atoms with van der Waals surface area (Å²) in [6, 6.07) is 10.5. The van der Waals surface area contributed by atoms with E-state index in [4.69, 9.17) is 11.6 Å². The van der Waals surface area contributed by atoms with E-state index in [0.717, 1.165) is 12.2 Å². The number of hydrogen-bond donors (Lipinski definition) is 2. The number of amides is 1. The molecule has 0 radical (unpaired) electrons. The van der Waals surface area contributed by atoms with Crippen LogP contribution in [0, 0.1) is 0 Å². The van der Waals surface area contributed by atoms with Crippen molar-refractivity contribution in [2.45, 2.75) is 6.92 Å². The maximum absolute atomic E-state index is 12.0. The second kappa shape index (κ2) is 6.20. The van der Waals surface area contributed by atoms with Crippen LogP contribution in [0.4, 0.5) is 11.4 Å². The molecule has 0 unspecified atom stereocenters. The van der Waals surface area contributed by atoms with E-state index in [2.05, 4.69) is 15.6 Å². The van der Waals surface area contributed by atoms with Crippen LogP contribution in [0.3, 0.4) is 0 Å². The number of aromatic nitrogens is 1. The third-order valence-corrected chi connectivity index (χ3v) is 2.69. The molecule has 2 N–H and O–H groups in total. The lowest BCUT2D eigenvalue weighted by Crippen LogP contribution is -2.13. The van der Waals surface area contributed by atoms with E-state index in [0.29, 0.717) is 16.4 Å². The van der Waals surface area contributed by atoms with Crippen LogP contribution in [0.25, 0.3) is 0 Å². The summed E-state index contributed by atoms with van der Waals surface area (Å²) in [6.45, 7) is 2.81. The van der Waals surface area contributed by atoms with E-state index in [1.807, 2.05) is 13.0 Å². The molecule has 0 aliphatic rings. The highest BCUT2D eigenvalue weighted by Gasteiger charge is 2.07. The Labute approximate surface area is 116 Å². The van der Waals surface area contributed by atoms with Gasteiger partial charge < -0.3 is 10.6 Å². The fourth-order valence-electron chi connectivity index (χ4n) is 1.60. The van der Waals surface area contributed by atoms with Gasteiger partial charge in [-0.2, -0.15) is 0 Å². The monoisotopic (exact) mass is 275 g/mol. The van der Waals surface area contributed by atoms with Gasteiger partial charge in [-0.3, -0.25) is 4.79 Å². The molecule has 1 amide bonds. The average Bonchev–Trinajstić information content (AvgIpc) is 2.40. The molecule has 0 aliphatic carbocycles. The average molecular weight is 276 g/mol. The molecular formula is C14H14ClN3O. The number of benzene rings is 1. The van der Waals surface area contributed by atoms with E-state index in [-0.39, 0.29) is 5.91 Å². The van der Waals surface area contributed by atoms with Gasteiger partial charge in [0.05, 0.1) is 11.9 Å². The smallest absolute Gasteiger partial charge is 0.274 e. The molecule has 1 heterocycles. The molecule has 0 saturated carbocycles. The first-order valence-corrected chi connectivity index (χ1v) is 6.33. The van der Waals surface area contributed by atoms with E-state index < -0.39 is 0 Å². The van der Waals surface area contributed by atoms with E-state index in [1.165, 1.54) is 0 Å². The fraction of sp³-hybridized carbons (Fsp3) is 0.143. The molecule has 4 nitrogen and oxygen atoms in total. The molecule has 0 spiro atoms. The van der Waals surface area contributed by atoms with Crippen LogP contribution in [0.1, 0.15) is 17.4 Å².